The molecule has 1 N–H and O–H groups in total. The molecule has 0 heterocycles. The second-order valence-electron chi connectivity index (χ2n) is 4.90. The molecule has 0 radical (unpaired) electrons. The Morgan fingerprint density at radius 1 is 1.05 bits per heavy atom. The van der Waals surface area contributed by atoms with Gasteiger partial charge in [0.05, 0.1) is 5.54 Å². The van der Waals surface area contributed by atoms with Crippen LogP contribution in [0.15, 0.2) is 48.5 Å². The molecule has 0 aliphatic carbocycles. The summed E-state index contributed by atoms with van der Waals surface area (Å²) < 4.78 is 26.8. The SMILES string of the molecule is CC(CCl)(NCc1cccc(F)c1F)c1ccccc1. The minimum absolute atomic E-state index is 0.210. The average molecular weight is 296 g/mol. The van der Waals surface area contributed by atoms with Crippen molar-refractivity contribution >= 4 is 11.6 Å². The molecule has 20 heavy (non-hydrogen) atoms. The highest BCUT2D eigenvalue weighted by Gasteiger charge is 2.25. The molecule has 2 aromatic carbocycles. The quantitative estimate of drug-likeness (QED) is 0.815. The zero-order chi connectivity index (χ0) is 14.6. The van der Waals surface area contributed by atoms with Crippen molar-refractivity contribution in [2.24, 2.45) is 0 Å². The molecule has 1 atom stereocenters. The van der Waals surface area contributed by atoms with E-state index in [0.29, 0.717) is 5.88 Å². The summed E-state index contributed by atoms with van der Waals surface area (Å²) in [5.41, 5.74) is 0.797. The molecule has 0 fully saturated rings. The highest BCUT2D eigenvalue weighted by Crippen LogP contribution is 2.23. The molecule has 0 aliphatic rings. The molecule has 4 heteroatoms. The molecular formula is C16H16ClF2N. The molecule has 0 aliphatic heterocycles. The zero-order valence-corrected chi connectivity index (χ0v) is 11.9. The van der Waals surface area contributed by atoms with Crippen molar-refractivity contribution < 1.29 is 8.78 Å². The Labute approximate surface area is 122 Å². The largest absolute Gasteiger partial charge is 0.302 e. The van der Waals surface area contributed by atoms with Gasteiger partial charge >= 0.3 is 0 Å². The van der Waals surface area contributed by atoms with Crippen molar-refractivity contribution in [2.45, 2.75) is 19.0 Å². The predicted molar refractivity (Wildman–Crippen MR) is 77.7 cm³/mol. The van der Waals surface area contributed by atoms with E-state index in [2.05, 4.69) is 5.32 Å². The van der Waals surface area contributed by atoms with E-state index in [1.54, 1.807) is 6.07 Å². The maximum Gasteiger partial charge on any atom is 0.163 e. The number of alkyl halides is 1. The number of nitrogens with one attached hydrogen (secondary N) is 1. The van der Waals surface area contributed by atoms with Crippen LogP contribution in [0.1, 0.15) is 18.1 Å². The minimum atomic E-state index is -0.836. The second-order valence-corrected chi connectivity index (χ2v) is 5.17. The summed E-state index contributed by atoms with van der Waals surface area (Å²) >= 11 is 6.05. The Balaban J connectivity index is 2.17. The van der Waals surface area contributed by atoms with Gasteiger partial charge in [0.15, 0.2) is 11.6 Å². The summed E-state index contributed by atoms with van der Waals surface area (Å²) in [6, 6.07) is 13.8. The first-order valence-electron chi connectivity index (χ1n) is 6.36. The lowest BCUT2D eigenvalue weighted by molar-refractivity contribution is 0.397. The maximum absolute atomic E-state index is 13.6. The first-order valence-corrected chi connectivity index (χ1v) is 6.90. The van der Waals surface area contributed by atoms with E-state index < -0.39 is 17.2 Å². The molecule has 0 saturated carbocycles. The first kappa shape index (κ1) is 14.9. The van der Waals surface area contributed by atoms with E-state index in [9.17, 15) is 8.78 Å². The van der Waals surface area contributed by atoms with Crippen LogP contribution in [-0.2, 0) is 12.1 Å². The van der Waals surface area contributed by atoms with Crippen LogP contribution in [0, 0.1) is 11.6 Å². The number of benzene rings is 2. The monoisotopic (exact) mass is 295 g/mol. The molecule has 2 rings (SSSR count). The average Bonchev–Trinajstić information content (AvgIpc) is 2.49. The van der Waals surface area contributed by atoms with Crippen molar-refractivity contribution in [1.82, 2.24) is 5.32 Å². The van der Waals surface area contributed by atoms with Crippen molar-refractivity contribution in [1.29, 1.82) is 0 Å². The molecule has 2 aromatic rings. The van der Waals surface area contributed by atoms with Gasteiger partial charge in [0, 0.05) is 18.0 Å². The van der Waals surface area contributed by atoms with Crippen molar-refractivity contribution in [3.8, 4) is 0 Å². The van der Waals surface area contributed by atoms with Crippen LogP contribution < -0.4 is 5.32 Å². The molecule has 0 aromatic heterocycles. The minimum Gasteiger partial charge on any atom is -0.302 e. The fraction of sp³-hybridized carbons (Fsp3) is 0.250. The van der Waals surface area contributed by atoms with Gasteiger partial charge in [0.25, 0.3) is 0 Å². The Morgan fingerprint density at radius 2 is 1.75 bits per heavy atom. The van der Waals surface area contributed by atoms with Crippen molar-refractivity contribution in [3.05, 3.63) is 71.3 Å². The van der Waals surface area contributed by atoms with E-state index in [1.807, 2.05) is 37.3 Å². The van der Waals surface area contributed by atoms with Gasteiger partial charge in [-0.15, -0.1) is 11.6 Å². The summed E-state index contributed by atoms with van der Waals surface area (Å²) in [7, 11) is 0. The van der Waals surface area contributed by atoms with E-state index in [-0.39, 0.29) is 12.1 Å². The molecule has 1 unspecified atom stereocenters. The molecular weight excluding hydrogens is 280 g/mol. The fourth-order valence-electron chi connectivity index (χ4n) is 2.01. The summed E-state index contributed by atoms with van der Waals surface area (Å²) in [5, 5.41) is 3.21. The van der Waals surface area contributed by atoms with E-state index in [4.69, 9.17) is 11.6 Å². The van der Waals surface area contributed by atoms with Crippen LogP contribution in [-0.4, -0.2) is 5.88 Å². The molecule has 0 spiro atoms. The van der Waals surface area contributed by atoms with Gasteiger partial charge in [0.1, 0.15) is 0 Å². The zero-order valence-electron chi connectivity index (χ0n) is 11.2. The topological polar surface area (TPSA) is 12.0 Å². The van der Waals surface area contributed by atoms with Crippen LogP contribution in [0.25, 0.3) is 0 Å². The van der Waals surface area contributed by atoms with Crippen molar-refractivity contribution in [2.75, 3.05) is 5.88 Å². The second kappa shape index (κ2) is 6.33. The summed E-state index contributed by atoms with van der Waals surface area (Å²) in [4.78, 5) is 0. The molecule has 0 amide bonds. The Bertz CT molecular complexity index is 574. The maximum atomic E-state index is 13.6. The summed E-state index contributed by atoms with van der Waals surface area (Å²) in [5.74, 6) is -1.32. The third-order valence-electron chi connectivity index (χ3n) is 3.38. The Morgan fingerprint density at radius 3 is 2.40 bits per heavy atom. The number of hydrogen-bond donors (Lipinski definition) is 1. The predicted octanol–water partition coefficient (Wildman–Crippen LogP) is 4.21. The fourth-order valence-corrected chi connectivity index (χ4v) is 2.26. The first-order chi connectivity index (χ1) is 9.57. The standard InChI is InChI=1S/C16H16ClF2N/c1-16(11-17,13-7-3-2-4-8-13)20-10-12-6-5-9-14(18)15(12)19/h2-9,20H,10-11H2,1H3. The lowest BCUT2D eigenvalue weighted by Crippen LogP contribution is -2.41. The highest BCUT2D eigenvalue weighted by atomic mass is 35.5. The van der Waals surface area contributed by atoms with Crippen molar-refractivity contribution in [3.63, 3.8) is 0 Å². The summed E-state index contributed by atoms with van der Waals surface area (Å²) in [6.07, 6.45) is 0. The number of rotatable bonds is 5. The lowest BCUT2D eigenvalue weighted by atomic mass is 9.94. The Hall–Kier alpha value is -1.45. The van der Waals surface area contributed by atoms with Crippen LogP contribution in [0.4, 0.5) is 8.78 Å². The van der Waals surface area contributed by atoms with Crippen LogP contribution >= 0.6 is 11.6 Å². The van der Waals surface area contributed by atoms with E-state index in [0.717, 1.165) is 11.6 Å². The van der Waals surface area contributed by atoms with Gasteiger partial charge in [0.2, 0.25) is 0 Å². The Kier molecular flexibility index (Phi) is 4.73. The smallest absolute Gasteiger partial charge is 0.163 e. The molecule has 106 valence electrons. The van der Waals surface area contributed by atoms with Gasteiger partial charge in [-0.3, -0.25) is 0 Å². The molecule has 0 bridgehead atoms. The van der Waals surface area contributed by atoms with Gasteiger partial charge in [-0.05, 0) is 18.6 Å². The third kappa shape index (κ3) is 3.17. The van der Waals surface area contributed by atoms with E-state index >= 15 is 0 Å². The van der Waals surface area contributed by atoms with Crippen LogP contribution in [0.3, 0.4) is 0 Å². The molecule has 1 nitrogen and oxygen atoms in total. The number of halogens is 3. The van der Waals surface area contributed by atoms with Gasteiger partial charge < -0.3 is 5.32 Å². The van der Waals surface area contributed by atoms with Crippen LogP contribution in [0.5, 0.6) is 0 Å². The van der Waals surface area contributed by atoms with Gasteiger partial charge in [-0.2, -0.15) is 0 Å². The highest BCUT2D eigenvalue weighted by molar-refractivity contribution is 6.18. The number of hydrogen-bond acceptors (Lipinski definition) is 1. The van der Waals surface area contributed by atoms with Gasteiger partial charge in [-0.1, -0.05) is 42.5 Å². The lowest BCUT2D eigenvalue weighted by Gasteiger charge is -2.29. The van der Waals surface area contributed by atoms with Gasteiger partial charge in [-0.25, -0.2) is 8.78 Å². The summed E-state index contributed by atoms with van der Waals surface area (Å²) in [6.45, 7) is 2.15. The van der Waals surface area contributed by atoms with E-state index in [1.165, 1.54) is 6.07 Å². The molecule has 0 saturated heterocycles. The normalized spacial score (nSPS) is 14.0. The van der Waals surface area contributed by atoms with Crippen LogP contribution in [0.2, 0.25) is 0 Å². The third-order valence-corrected chi connectivity index (χ3v) is 3.91.